The molecule has 2 heterocycles. The van der Waals surface area contributed by atoms with Crippen LogP contribution in [0.3, 0.4) is 0 Å². The fraction of sp³-hybridized carbons (Fsp3) is 0.269. The molecule has 2 aromatic carbocycles. The Labute approximate surface area is 198 Å². The number of carboxylic acids is 1. The van der Waals surface area contributed by atoms with E-state index in [1.54, 1.807) is 30.7 Å². The molecule has 34 heavy (non-hydrogen) atoms. The molecule has 178 valence electrons. The van der Waals surface area contributed by atoms with Gasteiger partial charge < -0.3 is 24.8 Å². The van der Waals surface area contributed by atoms with Gasteiger partial charge >= 0.3 is 5.97 Å². The number of rotatable bonds is 9. The van der Waals surface area contributed by atoms with Gasteiger partial charge in [0, 0.05) is 36.1 Å². The second-order valence-corrected chi connectivity index (χ2v) is 7.71. The highest BCUT2D eigenvalue weighted by atomic mass is 16.4. The van der Waals surface area contributed by atoms with Crippen molar-refractivity contribution in [2.75, 3.05) is 5.73 Å². The van der Waals surface area contributed by atoms with E-state index in [2.05, 4.69) is 16.9 Å². The summed E-state index contributed by atoms with van der Waals surface area (Å²) >= 11 is 0. The third kappa shape index (κ3) is 6.96. The van der Waals surface area contributed by atoms with Crippen LogP contribution < -0.4 is 5.73 Å². The van der Waals surface area contributed by atoms with E-state index < -0.39 is 5.97 Å². The van der Waals surface area contributed by atoms with Crippen molar-refractivity contribution in [3.63, 3.8) is 0 Å². The SMILES string of the molecule is CCCCc1nc(-c2ccccc2O)co1.Nc1ccccc1-c1coc(CCCC(=O)O)n1. The Morgan fingerprint density at radius 2 is 1.44 bits per heavy atom. The molecule has 0 amide bonds. The van der Waals surface area contributed by atoms with E-state index >= 15 is 0 Å². The molecular formula is C26H29N3O5. The molecule has 0 radical (unpaired) electrons. The number of aromatic nitrogens is 2. The van der Waals surface area contributed by atoms with Crippen LogP contribution in [0.15, 0.2) is 69.9 Å². The summed E-state index contributed by atoms with van der Waals surface area (Å²) in [7, 11) is 0. The summed E-state index contributed by atoms with van der Waals surface area (Å²) in [5, 5.41) is 18.2. The van der Waals surface area contributed by atoms with Gasteiger partial charge in [-0.15, -0.1) is 0 Å². The van der Waals surface area contributed by atoms with E-state index in [0.717, 1.165) is 30.7 Å². The lowest BCUT2D eigenvalue weighted by atomic mass is 10.1. The van der Waals surface area contributed by atoms with Gasteiger partial charge in [0.25, 0.3) is 0 Å². The predicted octanol–water partition coefficient (Wildman–Crippen LogP) is 5.72. The van der Waals surface area contributed by atoms with Crippen LogP contribution in [0.5, 0.6) is 5.75 Å². The molecule has 0 saturated carbocycles. The Kier molecular flexibility index (Phi) is 8.85. The first kappa shape index (κ1) is 24.6. The third-order valence-corrected chi connectivity index (χ3v) is 5.05. The Morgan fingerprint density at radius 3 is 2.03 bits per heavy atom. The van der Waals surface area contributed by atoms with Crippen LogP contribution in [-0.2, 0) is 17.6 Å². The molecule has 4 aromatic rings. The van der Waals surface area contributed by atoms with Gasteiger partial charge in [0.15, 0.2) is 11.8 Å². The number of benzene rings is 2. The van der Waals surface area contributed by atoms with Crippen LogP contribution in [0.25, 0.3) is 22.5 Å². The average molecular weight is 464 g/mol. The van der Waals surface area contributed by atoms with Gasteiger partial charge in [-0.05, 0) is 31.0 Å². The summed E-state index contributed by atoms with van der Waals surface area (Å²) < 4.78 is 10.7. The number of carboxylic acid groups (broad SMARTS) is 1. The van der Waals surface area contributed by atoms with Crippen molar-refractivity contribution in [2.45, 2.75) is 45.4 Å². The summed E-state index contributed by atoms with van der Waals surface area (Å²) in [6.07, 6.45) is 7.32. The second-order valence-electron chi connectivity index (χ2n) is 7.71. The number of para-hydroxylation sites is 2. The number of oxazole rings is 2. The first-order chi connectivity index (χ1) is 16.5. The van der Waals surface area contributed by atoms with Crippen molar-refractivity contribution < 1.29 is 23.8 Å². The molecule has 8 nitrogen and oxygen atoms in total. The van der Waals surface area contributed by atoms with Crippen molar-refractivity contribution in [3.8, 4) is 28.3 Å². The maximum absolute atomic E-state index is 10.4. The lowest BCUT2D eigenvalue weighted by Gasteiger charge is -1.99. The van der Waals surface area contributed by atoms with Crippen molar-refractivity contribution in [3.05, 3.63) is 72.8 Å². The highest BCUT2D eigenvalue weighted by molar-refractivity contribution is 5.73. The molecule has 0 aliphatic heterocycles. The zero-order chi connectivity index (χ0) is 24.3. The lowest BCUT2D eigenvalue weighted by Crippen LogP contribution is -1.96. The first-order valence-electron chi connectivity index (χ1n) is 11.2. The number of phenols is 1. The minimum Gasteiger partial charge on any atom is -0.507 e. The summed E-state index contributed by atoms with van der Waals surface area (Å²) in [5.74, 6) is 0.696. The van der Waals surface area contributed by atoms with E-state index in [1.807, 2.05) is 30.3 Å². The van der Waals surface area contributed by atoms with Crippen molar-refractivity contribution >= 4 is 11.7 Å². The molecule has 0 aliphatic carbocycles. The number of nitrogens with two attached hydrogens (primary N) is 1. The minimum atomic E-state index is -0.811. The Morgan fingerprint density at radius 1 is 0.882 bits per heavy atom. The zero-order valence-electron chi connectivity index (χ0n) is 19.1. The van der Waals surface area contributed by atoms with Crippen molar-refractivity contribution in [1.29, 1.82) is 0 Å². The number of aryl methyl sites for hydroxylation is 2. The molecule has 8 heteroatoms. The van der Waals surface area contributed by atoms with E-state index in [9.17, 15) is 9.90 Å². The molecule has 0 atom stereocenters. The molecular weight excluding hydrogens is 434 g/mol. The van der Waals surface area contributed by atoms with E-state index in [4.69, 9.17) is 19.7 Å². The molecule has 0 bridgehead atoms. The monoisotopic (exact) mass is 463 g/mol. The summed E-state index contributed by atoms with van der Waals surface area (Å²) in [4.78, 5) is 19.0. The summed E-state index contributed by atoms with van der Waals surface area (Å²) in [5.41, 5.74) is 9.40. The standard InChI is InChI=1S/C13H14N2O3.C13H15NO2/c14-10-5-2-1-4-9(10)11-8-18-12(15-11)6-3-7-13(16)17;1-2-3-8-13-14-11(9-16-13)10-6-4-5-7-12(10)15/h1-2,4-5,8H,3,6-7,14H2,(H,16,17);4-7,9,15H,2-3,8H2,1H3. The van der Waals surface area contributed by atoms with Crippen molar-refractivity contribution in [1.82, 2.24) is 9.97 Å². The number of nitrogens with zero attached hydrogens (tertiary/aromatic N) is 2. The van der Waals surface area contributed by atoms with Crippen LogP contribution >= 0.6 is 0 Å². The number of hydrogen-bond donors (Lipinski definition) is 3. The number of carbonyl (C=O) groups is 1. The van der Waals surface area contributed by atoms with E-state index in [1.165, 1.54) is 0 Å². The van der Waals surface area contributed by atoms with Gasteiger partial charge in [-0.25, -0.2) is 9.97 Å². The largest absolute Gasteiger partial charge is 0.507 e. The quantitative estimate of drug-likeness (QED) is 0.268. The fourth-order valence-electron chi connectivity index (χ4n) is 3.24. The zero-order valence-corrected chi connectivity index (χ0v) is 19.1. The van der Waals surface area contributed by atoms with Crippen LogP contribution in [0.4, 0.5) is 5.69 Å². The number of phenolic OH excluding ortho intramolecular Hbond substituents is 1. The van der Waals surface area contributed by atoms with Crippen LogP contribution in [0.1, 0.15) is 44.4 Å². The predicted molar refractivity (Wildman–Crippen MR) is 129 cm³/mol. The molecule has 0 aliphatic rings. The maximum Gasteiger partial charge on any atom is 0.303 e. The molecule has 0 unspecified atom stereocenters. The normalized spacial score (nSPS) is 10.5. The van der Waals surface area contributed by atoms with E-state index in [0.29, 0.717) is 41.4 Å². The highest BCUT2D eigenvalue weighted by Gasteiger charge is 2.10. The Hall–Kier alpha value is -4.07. The molecule has 0 saturated heterocycles. The number of aliphatic carboxylic acids is 1. The number of nitrogen functional groups attached to an aromatic ring is 1. The second kappa shape index (κ2) is 12.2. The van der Waals surface area contributed by atoms with E-state index in [-0.39, 0.29) is 12.2 Å². The number of unbranched alkanes of at least 4 members (excludes halogenated alkanes) is 1. The summed E-state index contributed by atoms with van der Waals surface area (Å²) in [6, 6.07) is 14.5. The van der Waals surface area contributed by atoms with Crippen LogP contribution in [0, 0.1) is 0 Å². The van der Waals surface area contributed by atoms with Crippen LogP contribution in [0.2, 0.25) is 0 Å². The first-order valence-corrected chi connectivity index (χ1v) is 11.2. The molecule has 4 N–H and O–H groups in total. The average Bonchev–Trinajstić information content (AvgIpc) is 3.48. The van der Waals surface area contributed by atoms with Crippen molar-refractivity contribution in [2.24, 2.45) is 0 Å². The van der Waals surface area contributed by atoms with Gasteiger partial charge in [-0.3, -0.25) is 4.79 Å². The number of anilines is 1. The maximum atomic E-state index is 10.4. The molecule has 0 fully saturated rings. The smallest absolute Gasteiger partial charge is 0.303 e. The van der Waals surface area contributed by atoms with Gasteiger partial charge in [0.2, 0.25) is 0 Å². The molecule has 0 spiro atoms. The van der Waals surface area contributed by atoms with Gasteiger partial charge in [-0.2, -0.15) is 0 Å². The fourth-order valence-corrected chi connectivity index (χ4v) is 3.24. The van der Waals surface area contributed by atoms with Gasteiger partial charge in [0.1, 0.15) is 29.7 Å². The Bertz CT molecular complexity index is 1200. The Balaban J connectivity index is 0.000000192. The third-order valence-electron chi connectivity index (χ3n) is 5.05. The molecule has 4 rings (SSSR count). The van der Waals surface area contributed by atoms with Gasteiger partial charge in [0.05, 0.1) is 0 Å². The number of aromatic hydroxyl groups is 1. The summed E-state index contributed by atoms with van der Waals surface area (Å²) in [6.45, 7) is 2.13. The highest BCUT2D eigenvalue weighted by Crippen LogP contribution is 2.28. The van der Waals surface area contributed by atoms with Crippen LogP contribution in [-0.4, -0.2) is 26.2 Å². The molecule has 2 aromatic heterocycles. The minimum absolute atomic E-state index is 0.116. The topological polar surface area (TPSA) is 136 Å². The number of hydrogen-bond acceptors (Lipinski definition) is 7. The van der Waals surface area contributed by atoms with Gasteiger partial charge in [-0.1, -0.05) is 43.7 Å². The lowest BCUT2D eigenvalue weighted by molar-refractivity contribution is -0.137.